The number of benzene rings is 1. The zero-order chi connectivity index (χ0) is 17.8. The molecule has 1 aliphatic rings. The number of amides is 1. The van der Waals surface area contributed by atoms with E-state index in [0.717, 1.165) is 49.3 Å². The third-order valence-corrected chi connectivity index (χ3v) is 4.43. The van der Waals surface area contributed by atoms with Gasteiger partial charge in [0.05, 0.1) is 31.9 Å². The Balaban J connectivity index is 1.57. The van der Waals surface area contributed by atoms with Crippen molar-refractivity contribution in [2.45, 2.75) is 13.0 Å². The van der Waals surface area contributed by atoms with Crippen molar-refractivity contribution < 1.29 is 18.5 Å². The number of nitrogens with zero attached hydrogens (tertiary/aromatic N) is 3. The van der Waals surface area contributed by atoms with E-state index in [4.69, 9.17) is 0 Å². The molecule has 0 bridgehead atoms. The molecule has 25 heavy (non-hydrogen) atoms. The van der Waals surface area contributed by atoms with Gasteiger partial charge in [-0.05, 0) is 25.1 Å². The number of hydrogen-bond donors (Lipinski definition) is 2. The van der Waals surface area contributed by atoms with Crippen LogP contribution in [0.1, 0.15) is 6.92 Å². The molecule has 1 saturated heterocycles. The van der Waals surface area contributed by atoms with Crippen LogP contribution < -0.4 is 15.1 Å². The van der Waals surface area contributed by atoms with Crippen LogP contribution in [0.5, 0.6) is 0 Å². The van der Waals surface area contributed by atoms with E-state index in [1.54, 1.807) is 25.4 Å². The number of rotatable bonds is 4. The molecule has 8 heteroatoms. The van der Waals surface area contributed by atoms with Crippen molar-refractivity contribution in [1.82, 2.24) is 9.97 Å². The predicted molar refractivity (Wildman–Crippen MR) is 89.4 cm³/mol. The summed E-state index contributed by atoms with van der Waals surface area (Å²) in [6.45, 7) is 4.71. The van der Waals surface area contributed by atoms with Crippen LogP contribution >= 0.6 is 0 Å². The van der Waals surface area contributed by atoms with Crippen molar-refractivity contribution in [3.05, 3.63) is 48.3 Å². The molecule has 6 nitrogen and oxygen atoms in total. The van der Waals surface area contributed by atoms with Crippen LogP contribution in [0.25, 0.3) is 0 Å². The molecule has 1 aliphatic heterocycles. The Labute approximate surface area is 144 Å². The van der Waals surface area contributed by atoms with Crippen LogP contribution in [0, 0.1) is 11.6 Å². The first kappa shape index (κ1) is 17.2. The lowest BCUT2D eigenvalue weighted by Gasteiger charge is -2.34. The van der Waals surface area contributed by atoms with Gasteiger partial charge in [-0.2, -0.15) is 0 Å². The minimum Gasteiger partial charge on any atom is -0.330 e. The number of carbonyl (C=O) groups excluding carboxylic acids is 1. The molecular weight excluding hydrogens is 328 g/mol. The SMILES string of the molecule is C[C@H](C(=O)Nc1cc(F)ccc1F)[NH+]1CCN(c2ncccn2)CC1. The van der Waals surface area contributed by atoms with Crippen molar-refractivity contribution >= 4 is 17.5 Å². The quantitative estimate of drug-likeness (QED) is 0.844. The molecule has 132 valence electrons. The lowest BCUT2D eigenvalue weighted by atomic mass is 10.2. The van der Waals surface area contributed by atoms with E-state index in [0.29, 0.717) is 5.95 Å². The number of halogens is 2. The summed E-state index contributed by atoms with van der Waals surface area (Å²) < 4.78 is 26.9. The zero-order valence-electron chi connectivity index (χ0n) is 13.9. The average Bonchev–Trinajstić information content (AvgIpc) is 2.65. The van der Waals surface area contributed by atoms with Gasteiger partial charge in [-0.15, -0.1) is 0 Å². The second-order valence-corrected chi connectivity index (χ2v) is 6.03. The van der Waals surface area contributed by atoms with E-state index in [9.17, 15) is 13.6 Å². The lowest BCUT2D eigenvalue weighted by molar-refractivity contribution is -0.914. The summed E-state index contributed by atoms with van der Waals surface area (Å²) in [4.78, 5) is 24.0. The number of anilines is 2. The molecule has 2 heterocycles. The van der Waals surface area contributed by atoms with Crippen molar-refractivity contribution in [2.75, 3.05) is 36.4 Å². The van der Waals surface area contributed by atoms with Gasteiger partial charge in [0.25, 0.3) is 5.91 Å². The zero-order valence-corrected chi connectivity index (χ0v) is 13.9. The molecule has 1 amide bonds. The molecule has 0 saturated carbocycles. The maximum Gasteiger partial charge on any atom is 0.282 e. The van der Waals surface area contributed by atoms with Gasteiger partial charge < -0.3 is 15.1 Å². The number of piperazine rings is 1. The Morgan fingerprint density at radius 1 is 1.24 bits per heavy atom. The number of carbonyl (C=O) groups is 1. The molecule has 3 rings (SSSR count). The van der Waals surface area contributed by atoms with Gasteiger partial charge in [0.2, 0.25) is 5.95 Å². The largest absolute Gasteiger partial charge is 0.330 e. The summed E-state index contributed by atoms with van der Waals surface area (Å²) in [5, 5.41) is 2.48. The summed E-state index contributed by atoms with van der Waals surface area (Å²) in [6, 6.07) is 4.40. The molecule has 0 unspecified atom stereocenters. The van der Waals surface area contributed by atoms with E-state index in [2.05, 4.69) is 20.2 Å². The van der Waals surface area contributed by atoms with Crippen LogP contribution in [0.4, 0.5) is 20.4 Å². The van der Waals surface area contributed by atoms with Crippen molar-refractivity contribution in [1.29, 1.82) is 0 Å². The monoisotopic (exact) mass is 348 g/mol. The predicted octanol–water partition coefficient (Wildman–Crippen LogP) is 0.487. The summed E-state index contributed by atoms with van der Waals surface area (Å²) in [5.74, 6) is -0.888. The molecule has 2 aromatic rings. The Bertz CT molecular complexity index is 735. The van der Waals surface area contributed by atoms with E-state index >= 15 is 0 Å². The highest BCUT2D eigenvalue weighted by atomic mass is 19.1. The summed E-state index contributed by atoms with van der Waals surface area (Å²) >= 11 is 0. The van der Waals surface area contributed by atoms with E-state index < -0.39 is 11.6 Å². The third kappa shape index (κ3) is 4.08. The van der Waals surface area contributed by atoms with Crippen LogP contribution in [0.15, 0.2) is 36.7 Å². The van der Waals surface area contributed by atoms with Crippen LogP contribution in [-0.2, 0) is 4.79 Å². The van der Waals surface area contributed by atoms with Gasteiger partial charge in [0.15, 0.2) is 6.04 Å². The first-order chi connectivity index (χ1) is 12.0. The first-order valence-electron chi connectivity index (χ1n) is 8.17. The van der Waals surface area contributed by atoms with Gasteiger partial charge in [-0.1, -0.05) is 0 Å². The van der Waals surface area contributed by atoms with Crippen LogP contribution in [0.3, 0.4) is 0 Å². The Hall–Kier alpha value is -2.61. The van der Waals surface area contributed by atoms with Gasteiger partial charge in [-0.3, -0.25) is 4.79 Å². The van der Waals surface area contributed by atoms with Gasteiger partial charge in [-0.25, -0.2) is 18.7 Å². The van der Waals surface area contributed by atoms with Gasteiger partial charge in [0.1, 0.15) is 11.6 Å². The smallest absolute Gasteiger partial charge is 0.282 e. The van der Waals surface area contributed by atoms with Gasteiger partial charge >= 0.3 is 0 Å². The van der Waals surface area contributed by atoms with E-state index in [-0.39, 0.29) is 17.6 Å². The molecule has 1 atom stereocenters. The van der Waals surface area contributed by atoms with Crippen LogP contribution in [0.2, 0.25) is 0 Å². The van der Waals surface area contributed by atoms with Crippen LogP contribution in [-0.4, -0.2) is 48.1 Å². The normalized spacial score (nSPS) is 16.5. The van der Waals surface area contributed by atoms with Crippen molar-refractivity contribution in [2.24, 2.45) is 0 Å². The summed E-state index contributed by atoms with van der Waals surface area (Å²) in [7, 11) is 0. The minimum absolute atomic E-state index is 0.132. The molecular formula is C17H20F2N5O+. The number of nitrogens with one attached hydrogen (secondary N) is 2. The first-order valence-corrected chi connectivity index (χ1v) is 8.17. The fraction of sp³-hybridized carbons (Fsp3) is 0.353. The number of hydrogen-bond acceptors (Lipinski definition) is 4. The molecule has 0 spiro atoms. The Kier molecular flexibility index (Phi) is 5.18. The highest BCUT2D eigenvalue weighted by Gasteiger charge is 2.30. The van der Waals surface area contributed by atoms with E-state index in [1.165, 1.54) is 0 Å². The maximum atomic E-state index is 13.7. The molecule has 0 radical (unpaired) electrons. The van der Waals surface area contributed by atoms with E-state index in [1.807, 2.05) is 0 Å². The molecule has 2 N–H and O–H groups in total. The second kappa shape index (κ2) is 7.52. The number of quaternary nitrogens is 1. The van der Waals surface area contributed by atoms with Crippen molar-refractivity contribution in [3.8, 4) is 0 Å². The Morgan fingerprint density at radius 2 is 1.92 bits per heavy atom. The lowest BCUT2D eigenvalue weighted by Crippen LogP contribution is -3.19. The standard InChI is InChI=1S/C17H19F2N5O/c1-12(16(25)22-15-11-13(18)3-4-14(15)19)23-7-9-24(10-8-23)17-20-5-2-6-21-17/h2-6,11-12H,7-10H2,1H3,(H,22,25)/p+1/t12-/m1/s1. The average molecular weight is 348 g/mol. The minimum atomic E-state index is -0.650. The maximum absolute atomic E-state index is 13.7. The van der Waals surface area contributed by atoms with Crippen molar-refractivity contribution in [3.63, 3.8) is 0 Å². The summed E-state index contributed by atoms with van der Waals surface area (Å²) in [6.07, 6.45) is 3.40. The highest BCUT2D eigenvalue weighted by molar-refractivity contribution is 5.93. The van der Waals surface area contributed by atoms with Gasteiger partial charge in [0, 0.05) is 18.5 Å². The molecule has 1 aromatic heterocycles. The fourth-order valence-electron chi connectivity index (χ4n) is 2.90. The molecule has 0 aliphatic carbocycles. The Morgan fingerprint density at radius 3 is 2.60 bits per heavy atom. The molecule has 1 aromatic carbocycles. The second-order valence-electron chi connectivity index (χ2n) is 6.03. The highest BCUT2D eigenvalue weighted by Crippen LogP contribution is 2.15. The number of aromatic nitrogens is 2. The topological polar surface area (TPSA) is 62.6 Å². The summed E-state index contributed by atoms with van der Waals surface area (Å²) in [5.41, 5.74) is -0.132. The fourth-order valence-corrected chi connectivity index (χ4v) is 2.90. The third-order valence-electron chi connectivity index (χ3n) is 4.43. The molecule has 1 fully saturated rings.